The van der Waals surface area contributed by atoms with Gasteiger partial charge in [0.05, 0.1) is 28.4 Å². The SMILES string of the molecule is COc1cc2c3cc1Oc1c(OC)c(OC)cc4c1[C@H](C(=O)c1ccc(O)c(c1)-c1cc(ccc1OC)C[C@H]3N(C)CC2)N(C)CC4. The summed E-state index contributed by atoms with van der Waals surface area (Å²) in [7, 11) is 10.5. The number of nitrogens with zero attached hydrogens (tertiary/aromatic N) is 2. The Morgan fingerprint density at radius 3 is 2.23 bits per heavy atom. The number of hydrogen-bond donors (Lipinski definition) is 1. The highest BCUT2D eigenvalue weighted by Gasteiger charge is 2.38. The number of hydrogen-bond acceptors (Lipinski definition) is 9. The minimum atomic E-state index is -0.699. The van der Waals surface area contributed by atoms with E-state index in [2.05, 4.69) is 36.2 Å². The van der Waals surface area contributed by atoms with Gasteiger partial charge in [-0.15, -0.1) is 0 Å². The molecule has 47 heavy (non-hydrogen) atoms. The van der Waals surface area contributed by atoms with Crippen LogP contribution in [0.3, 0.4) is 0 Å². The van der Waals surface area contributed by atoms with Crippen LogP contribution in [0.2, 0.25) is 0 Å². The quantitative estimate of drug-likeness (QED) is 0.274. The number of ketones is 1. The normalized spacial score (nSPS) is 19.0. The van der Waals surface area contributed by atoms with Crippen LogP contribution in [0.5, 0.6) is 40.2 Å². The van der Waals surface area contributed by atoms with Crippen LogP contribution < -0.4 is 23.7 Å². The zero-order valence-corrected chi connectivity index (χ0v) is 27.7. The van der Waals surface area contributed by atoms with Gasteiger partial charge in [0.1, 0.15) is 17.5 Å². The maximum Gasteiger partial charge on any atom is 0.204 e. The van der Waals surface area contributed by atoms with Gasteiger partial charge in [0.15, 0.2) is 28.8 Å². The van der Waals surface area contributed by atoms with Crippen molar-refractivity contribution in [1.82, 2.24) is 9.80 Å². The van der Waals surface area contributed by atoms with Gasteiger partial charge in [-0.05, 0) is 104 Å². The van der Waals surface area contributed by atoms with Crippen LogP contribution in [0, 0.1) is 0 Å². The Balaban J connectivity index is 1.56. The van der Waals surface area contributed by atoms with Gasteiger partial charge >= 0.3 is 0 Å². The molecule has 4 aromatic carbocycles. The summed E-state index contributed by atoms with van der Waals surface area (Å²) < 4.78 is 30.4. The fourth-order valence-corrected chi connectivity index (χ4v) is 7.44. The second-order valence-corrected chi connectivity index (χ2v) is 12.5. The van der Waals surface area contributed by atoms with E-state index in [1.165, 1.54) is 5.56 Å². The van der Waals surface area contributed by atoms with Crippen LogP contribution in [0.15, 0.2) is 54.6 Å². The van der Waals surface area contributed by atoms with E-state index in [0.717, 1.165) is 40.8 Å². The highest BCUT2D eigenvalue weighted by molar-refractivity contribution is 6.03. The summed E-state index contributed by atoms with van der Waals surface area (Å²) in [5.74, 6) is 3.05. The van der Waals surface area contributed by atoms with Gasteiger partial charge in [0, 0.05) is 41.4 Å². The smallest absolute Gasteiger partial charge is 0.204 e. The number of phenolic OH excluding ortho intramolecular Hbond substituents is 1. The van der Waals surface area contributed by atoms with Gasteiger partial charge in [0.25, 0.3) is 0 Å². The Morgan fingerprint density at radius 1 is 0.766 bits per heavy atom. The molecule has 0 fully saturated rings. The lowest BCUT2D eigenvalue weighted by Crippen LogP contribution is -2.37. The summed E-state index contributed by atoms with van der Waals surface area (Å²) in [6.45, 7) is 1.54. The van der Waals surface area contributed by atoms with Crippen molar-refractivity contribution >= 4 is 5.78 Å². The number of ether oxygens (including phenoxy) is 5. The molecule has 7 rings (SSSR count). The van der Waals surface area contributed by atoms with Crippen LogP contribution >= 0.6 is 0 Å². The third kappa shape index (κ3) is 5.14. The number of rotatable bonds is 4. The first-order valence-corrected chi connectivity index (χ1v) is 15.9. The summed E-state index contributed by atoms with van der Waals surface area (Å²) >= 11 is 0. The van der Waals surface area contributed by atoms with E-state index >= 15 is 0 Å². The molecule has 4 aromatic rings. The van der Waals surface area contributed by atoms with Crippen LogP contribution in [-0.4, -0.2) is 76.3 Å². The highest BCUT2D eigenvalue weighted by Crippen LogP contribution is 2.52. The predicted octanol–water partition coefficient (Wildman–Crippen LogP) is 6.38. The second kappa shape index (κ2) is 12.1. The van der Waals surface area contributed by atoms with Crippen LogP contribution in [-0.2, 0) is 19.3 Å². The van der Waals surface area contributed by atoms with Crippen molar-refractivity contribution in [3.63, 3.8) is 0 Å². The molecule has 6 bridgehead atoms. The van der Waals surface area contributed by atoms with E-state index < -0.39 is 6.04 Å². The lowest BCUT2D eigenvalue weighted by atomic mass is 9.85. The Morgan fingerprint density at radius 2 is 1.49 bits per heavy atom. The van der Waals surface area contributed by atoms with Gasteiger partial charge in [-0.25, -0.2) is 0 Å². The number of phenols is 1. The van der Waals surface area contributed by atoms with Crippen molar-refractivity contribution in [3.05, 3.63) is 88.0 Å². The van der Waals surface area contributed by atoms with Crippen molar-refractivity contribution in [3.8, 4) is 51.4 Å². The fraction of sp³-hybridized carbons (Fsp3) is 0.342. The van der Waals surface area contributed by atoms with Crippen molar-refractivity contribution in [2.45, 2.75) is 31.3 Å². The zero-order chi connectivity index (χ0) is 33.0. The monoisotopic (exact) mass is 636 g/mol. The van der Waals surface area contributed by atoms with E-state index in [0.29, 0.717) is 65.0 Å². The second-order valence-electron chi connectivity index (χ2n) is 12.5. The largest absolute Gasteiger partial charge is 0.507 e. The molecule has 0 saturated carbocycles. The fourth-order valence-electron chi connectivity index (χ4n) is 7.44. The Bertz CT molecular complexity index is 1890. The predicted molar refractivity (Wildman–Crippen MR) is 179 cm³/mol. The highest BCUT2D eigenvalue weighted by atomic mass is 16.5. The zero-order valence-electron chi connectivity index (χ0n) is 27.7. The molecule has 0 unspecified atom stereocenters. The molecule has 9 nitrogen and oxygen atoms in total. The van der Waals surface area contributed by atoms with E-state index in [1.54, 1.807) is 46.6 Å². The minimum absolute atomic E-state index is 0.0441. The number of likely N-dealkylation sites (N-methyl/N-ethyl adjacent to an activating group) is 2. The molecule has 0 radical (unpaired) electrons. The van der Waals surface area contributed by atoms with E-state index in [4.69, 9.17) is 23.7 Å². The maximum absolute atomic E-state index is 14.7. The number of fused-ring (bicyclic) bond motifs is 6. The maximum atomic E-state index is 14.7. The van der Waals surface area contributed by atoms with Crippen molar-refractivity contribution in [2.75, 3.05) is 55.6 Å². The molecular formula is C38H40N2O7. The summed E-state index contributed by atoms with van der Waals surface area (Å²) in [6, 6.07) is 16.5. The lowest BCUT2D eigenvalue weighted by molar-refractivity contribution is 0.0834. The van der Waals surface area contributed by atoms with Gasteiger partial charge < -0.3 is 28.8 Å². The molecule has 244 valence electrons. The summed E-state index contributed by atoms with van der Waals surface area (Å²) in [5.41, 5.74) is 6.79. The summed E-state index contributed by atoms with van der Waals surface area (Å²) in [4.78, 5) is 19.1. The first kappa shape index (κ1) is 30.9. The van der Waals surface area contributed by atoms with E-state index in [-0.39, 0.29) is 17.6 Å². The third-order valence-corrected chi connectivity index (χ3v) is 9.97. The van der Waals surface area contributed by atoms with E-state index in [1.807, 2.05) is 24.1 Å². The van der Waals surface area contributed by atoms with Gasteiger partial charge in [-0.2, -0.15) is 0 Å². The Labute approximate surface area is 275 Å². The first-order valence-electron chi connectivity index (χ1n) is 15.9. The average Bonchev–Trinajstić information content (AvgIpc) is 3.08. The Hall–Kier alpha value is -4.73. The third-order valence-electron chi connectivity index (χ3n) is 9.97. The minimum Gasteiger partial charge on any atom is -0.507 e. The van der Waals surface area contributed by atoms with Crippen LogP contribution in [0.25, 0.3) is 11.1 Å². The number of Topliss-reactive ketones (excluding diaryl/α,β-unsaturated/α-hetero) is 1. The number of benzene rings is 4. The number of carbonyl (C=O) groups is 1. The molecule has 0 amide bonds. The van der Waals surface area contributed by atoms with Crippen molar-refractivity contribution < 1.29 is 33.6 Å². The first-order chi connectivity index (χ1) is 22.8. The van der Waals surface area contributed by atoms with Crippen LogP contribution in [0.1, 0.15) is 50.3 Å². The molecule has 9 heteroatoms. The van der Waals surface area contributed by atoms with Gasteiger partial charge in [0.2, 0.25) is 5.75 Å². The van der Waals surface area contributed by atoms with E-state index in [9.17, 15) is 9.90 Å². The lowest BCUT2D eigenvalue weighted by Gasteiger charge is -2.37. The Kier molecular flexibility index (Phi) is 7.98. The molecule has 1 N–H and O–H groups in total. The molecule has 0 spiro atoms. The van der Waals surface area contributed by atoms with Crippen molar-refractivity contribution in [2.24, 2.45) is 0 Å². The van der Waals surface area contributed by atoms with Gasteiger partial charge in [-0.3, -0.25) is 14.6 Å². The topological polar surface area (TPSA) is 89.9 Å². The molecule has 3 aliphatic rings. The van der Waals surface area contributed by atoms with Crippen molar-refractivity contribution in [1.29, 1.82) is 0 Å². The number of methoxy groups -OCH3 is 4. The average molecular weight is 637 g/mol. The molecule has 0 aromatic heterocycles. The molecule has 0 aliphatic carbocycles. The molecule has 0 saturated heterocycles. The standard InChI is InChI=1S/C38H40N2O7/c1-39-13-11-22-18-31(44-4)32-20-25(22)28(39)16-21-7-10-30(43-3)27(15-21)26-17-24(8-9-29(26)41)36(42)35-34-23(12-14-40(35)2)19-33(45-5)37(46-6)38(34)47-32/h7-10,15,17-20,28,35,41H,11-14,16H2,1-6H3/t28-,35-/m1/s1. The molecule has 2 atom stereocenters. The summed E-state index contributed by atoms with van der Waals surface area (Å²) in [6.07, 6.45) is 2.26. The summed E-state index contributed by atoms with van der Waals surface area (Å²) in [5, 5.41) is 11.2. The van der Waals surface area contributed by atoms with Gasteiger partial charge in [-0.1, -0.05) is 6.07 Å². The molecular weight excluding hydrogens is 596 g/mol. The molecule has 3 heterocycles. The number of aromatic hydroxyl groups is 1. The number of carbonyl (C=O) groups excluding carboxylic acids is 1. The van der Waals surface area contributed by atoms with Crippen LogP contribution in [0.4, 0.5) is 0 Å². The molecule has 3 aliphatic heterocycles.